The minimum absolute atomic E-state index is 0.0455. The maximum atomic E-state index is 11.7. The van der Waals surface area contributed by atoms with Crippen molar-refractivity contribution >= 4 is 28.3 Å². The lowest BCUT2D eigenvalue weighted by molar-refractivity contribution is -0.120. The molecule has 106 valence electrons. The van der Waals surface area contributed by atoms with Crippen molar-refractivity contribution in [3.05, 3.63) is 5.01 Å². The van der Waals surface area contributed by atoms with E-state index in [9.17, 15) is 9.59 Å². The molecule has 1 heterocycles. The van der Waals surface area contributed by atoms with Crippen LogP contribution in [0.1, 0.15) is 36.5 Å². The van der Waals surface area contributed by atoms with Gasteiger partial charge in [-0.3, -0.25) is 9.59 Å². The van der Waals surface area contributed by atoms with Gasteiger partial charge in [0.15, 0.2) is 0 Å². The van der Waals surface area contributed by atoms with Crippen LogP contribution in [0.15, 0.2) is 0 Å². The first-order chi connectivity index (χ1) is 9.17. The van der Waals surface area contributed by atoms with E-state index in [4.69, 9.17) is 0 Å². The SMILES string of the molecule is CCCNC(=O)CNC(=O)c1nnc(NCCC)s1. The molecule has 0 spiro atoms. The third-order valence-corrected chi connectivity index (χ3v) is 3.01. The van der Waals surface area contributed by atoms with E-state index in [1.807, 2.05) is 13.8 Å². The quantitative estimate of drug-likeness (QED) is 0.650. The summed E-state index contributed by atoms with van der Waals surface area (Å²) < 4.78 is 0. The second-order valence-electron chi connectivity index (χ2n) is 3.87. The second kappa shape index (κ2) is 8.41. The maximum Gasteiger partial charge on any atom is 0.282 e. The average Bonchev–Trinajstić information content (AvgIpc) is 2.89. The van der Waals surface area contributed by atoms with Crippen LogP contribution in [0.5, 0.6) is 0 Å². The molecule has 8 heteroatoms. The molecule has 0 radical (unpaired) electrons. The second-order valence-corrected chi connectivity index (χ2v) is 4.85. The number of rotatable bonds is 8. The van der Waals surface area contributed by atoms with Crippen molar-refractivity contribution in [3.63, 3.8) is 0 Å². The third-order valence-electron chi connectivity index (χ3n) is 2.13. The molecule has 0 aliphatic heterocycles. The fraction of sp³-hybridized carbons (Fsp3) is 0.636. The van der Waals surface area contributed by atoms with E-state index in [1.54, 1.807) is 0 Å². The number of nitrogens with zero attached hydrogens (tertiary/aromatic N) is 2. The number of nitrogens with one attached hydrogen (secondary N) is 3. The van der Waals surface area contributed by atoms with E-state index < -0.39 is 0 Å². The molecule has 0 saturated heterocycles. The predicted octanol–water partition coefficient (Wildman–Crippen LogP) is 0.616. The van der Waals surface area contributed by atoms with E-state index in [2.05, 4.69) is 26.1 Å². The van der Waals surface area contributed by atoms with Gasteiger partial charge in [-0.1, -0.05) is 25.2 Å². The molecule has 2 amide bonds. The number of aromatic nitrogens is 2. The largest absolute Gasteiger partial charge is 0.360 e. The highest BCUT2D eigenvalue weighted by Crippen LogP contribution is 2.14. The molecular weight excluding hydrogens is 266 g/mol. The molecule has 0 bridgehead atoms. The molecule has 0 aromatic carbocycles. The smallest absolute Gasteiger partial charge is 0.282 e. The number of hydrogen-bond acceptors (Lipinski definition) is 6. The van der Waals surface area contributed by atoms with E-state index in [0.29, 0.717) is 11.7 Å². The van der Waals surface area contributed by atoms with Gasteiger partial charge in [0.25, 0.3) is 5.91 Å². The van der Waals surface area contributed by atoms with Gasteiger partial charge in [-0.15, -0.1) is 10.2 Å². The Morgan fingerprint density at radius 3 is 2.53 bits per heavy atom. The molecule has 0 unspecified atom stereocenters. The van der Waals surface area contributed by atoms with Gasteiger partial charge in [-0.05, 0) is 12.8 Å². The molecule has 0 aliphatic rings. The first kappa shape index (κ1) is 15.4. The first-order valence-electron chi connectivity index (χ1n) is 6.29. The average molecular weight is 285 g/mol. The monoisotopic (exact) mass is 285 g/mol. The lowest BCUT2D eigenvalue weighted by Gasteiger charge is -2.03. The summed E-state index contributed by atoms with van der Waals surface area (Å²) in [5.74, 6) is -0.585. The van der Waals surface area contributed by atoms with Crippen LogP contribution in [0.25, 0.3) is 0 Å². The van der Waals surface area contributed by atoms with Gasteiger partial charge in [0.05, 0.1) is 6.54 Å². The van der Waals surface area contributed by atoms with Gasteiger partial charge >= 0.3 is 0 Å². The minimum atomic E-state index is -0.381. The number of carbonyl (C=O) groups excluding carboxylic acids is 2. The Balaban J connectivity index is 2.36. The Bertz CT molecular complexity index is 421. The third kappa shape index (κ3) is 5.64. The van der Waals surface area contributed by atoms with Crippen molar-refractivity contribution in [2.45, 2.75) is 26.7 Å². The Labute approximate surface area is 116 Å². The van der Waals surface area contributed by atoms with E-state index >= 15 is 0 Å². The zero-order valence-corrected chi connectivity index (χ0v) is 12.0. The first-order valence-corrected chi connectivity index (χ1v) is 7.11. The fourth-order valence-electron chi connectivity index (χ4n) is 1.18. The highest BCUT2D eigenvalue weighted by atomic mass is 32.1. The lowest BCUT2D eigenvalue weighted by Crippen LogP contribution is -2.37. The topological polar surface area (TPSA) is 96.0 Å². The van der Waals surface area contributed by atoms with Crippen LogP contribution in [-0.4, -0.2) is 41.6 Å². The van der Waals surface area contributed by atoms with Gasteiger partial charge in [0, 0.05) is 13.1 Å². The summed E-state index contributed by atoms with van der Waals surface area (Å²) in [5, 5.41) is 16.7. The predicted molar refractivity (Wildman–Crippen MR) is 74.3 cm³/mol. The normalized spacial score (nSPS) is 10.0. The van der Waals surface area contributed by atoms with Crippen LogP contribution in [0, 0.1) is 0 Å². The van der Waals surface area contributed by atoms with Gasteiger partial charge in [0.2, 0.25) is 16.0 Å². The molecule has 7 nitrogen and oxygen atoms in total. The summed E-state index contributed by atoms with van der Waals surface area (Å²) >= 11 is 1.17. The molecule has 1 aromatic rings. The molecule has 19 heavy (non-hydrogen) atoms. The summed E-state index contributed by atoms with van der Waals surface area (Å²) in [6, 6.07) is 0. The Morgan fingerprint density at radius 1 is 1.11 bits per heavy atom. The minimum Gasteiger partial charge on any atom is -0.360 e. The van der Waals surface area contributed by atoms with Crippen LogP contribution in [0.4, 0.5) is 5.13 Å². The Kier molecular flexibility index (Phi) is 6.80. The summed E-state index contributed by atoms with van der Waals surface area (Å²) in [6.45, 7) is 5.35. The number of hydrogen-bond donors (Lipinski definition) is 3. The number of carbonyl (C=O) groups is 2. The van der Waals surface area contributed by atoms with Crippen molar-refractivity contribution in [2.24, 2.45) is 0 Å². The van der Waals surface area contributed by atoms with Gasteiger partial charge in [0.1, 0.15) is 0 Å². The Hall–Kier alpha value is -1.70. The zero-order chi connectivity index (χ0) is 14.1. The fourth-order valence-corrected chi connectivity index (χ4v) is 1.87. The zero-order valence-electron chi connectivity index (χ0n) is 11.2. The van der Waals surface area contributed by atoms with Gasteiger partial charge < -0.3 is 16.0 Å². The highest BCUT2D eigenvalue weighted by Gasteiger charge is 2.13. The van der Waals surface area contributed by atoms with Crippen LogP contribution in [0.3, 0.4) is 0 Å². The van der Waals surface area contributed by atoms with Crippen molar-refractivity contribution in [1.29, 1.82) is 0 Å². The Morgan fingerprint density at radius 2 is 1.84 bits per heavy atom. The van der Waals surface area contributed by atoms with Crippen molar-refractivity contribution in [3.8, 4) is 0 Å². The van der Waals surface area contributed by atoms with Gasteiger partial charge in [-0.2, -0.15) is 0 Å². The van der Waals surface area contributed by atoms with E-state index in [0.717, 1.165) is 19.4 Å². The lowest BCUT2D eigenvalue weighted by atomic mass is 10.4. The van der Waals surface area contributed by atoms with Crippen molar-refractivity contribution < 1.29 is 9.59 Å². The summed E-state index contributed by atoms with van der Waals surface area (Å²) in [6.07, 6.45) is 1.83. The molecular formula is C11H19N5O2S. The van der Waals surface area contributed by atoms with Crippen LogP contribution in [-0.2, 0) is 4.79 Å². The van der Waals surface area contributed by atoms with E-state index in [1.165, 1.54) is 11.3 Å². The van der Waals surface area contributed by atoms with Crippen molar-refractivity contribution in [2.75, 3.05) is 25.0 Å². The summed E-state index contributed by atoms with van der Waals surface area (Å²) in [4.78, 5) is 23.0. The molecule has 1 aromatic heterocycles. The maximum absolute atomic E-state index is 11.7. The van der Waals surface area contributed by atoms with E-state index in [-0.39, 0.29) is 23.4 Å². The summed E-state index contributed by atoms with van der Waals surface area (Å²) in [5.41, 5.74) is 0. The molecule has 1 rings (SSSR count). The molecule has 0 atom stereocenters. The molecule has 0 aliphatic carbocycles. The van der Waals surface area contributed by atoms with Crippen LogP contribution in [0.2, 0.25) is 0 Å². The molecule has 0 fully saturated rings. The highest BCUT2D eigenvalue weighted by molar-refractivity contribution is 7.17. The standard InChI is InChI=1S/C11H19N5O2S/c1-3-5-12-8(17)7-14-9(18)10-15-16-11(19-10)13-6-4-2/h3-7H2,1-2H3,(H,12,17)(H,13,16)(H,14,18). The van der Waals surface area contributed by atoms with Crippen molar-refractivity contribution in [1.82, 2.24) is 20.8 Å². The molecule has 3 N–H and O–H groups in total. The van der Waals surface area contributed by atoms with Gasteiger partial charge in [-0.25, -0.2) is 0 Å². The number of anilines is 1. The van der Waals surface area contributed by atoms with Crippen LogP contribution >= 0.6 is 11.3 Å². The molecule has 0 saturated carbocycles. The van der Waals surface area contributed by atoms with Crippen LogP contribution < -0.4 is 16.0 Å². The number of amides is 2. The summed E-state index contributed by atoms with van der Waals surface area (Å²) in [7, 11) is 0.